The molecule has 9 nitrogen and oxygen atoms in total. The molecule has 0 aromatic heterocycles. The van der Waals surface area contributed by atoms with Crippen molar-refractivity contribution in [2.24, 2.45) is 0 Å². The first-order valence-corrected chi connectivity index (χ1v) is 11.2. The summed E-state index contributed by atoms with van der Waals surface area (Å²) < 4.78 is 42.7. The van der Waals surface area contributed by atoms with E-state index >= 15 is 0 Å². The number of nitrogens with zero attached hydrogens (tertiary/aromatic N) is 1. The molecule has 1 aromatic rings. The second kappa shape index (κ2) is 8.58. The predicted molar refractivity (Wildman–Crippen MR) is 105 cm³/mol. The summed E-state index contributed by atoms with van der Waals surface area (Å²) in [4.78, 5) is 26.2. The van der Waals surface area contributed by atoms with E-state index in [1.807, 2.05) is 0 Å². The van der Waals surface area contributed by atoms with Crippen molar-refractivity contribution in [1.29, 1.82) is 0 Å². The molecule has 0 radical (unpaired) electrons. The number of hydrogen-bond donors (Lipinski definition) is 1. The van der Waals surface area contributed by atoms with Crippen molar-refractivity contribution in [3.8, 4) is 5.75 Å². The van der Waals surface area contributed by atoms with Gasteiger partial charge in [-0.15, -0.1) is 0 Å². The Hall–Kier alpha value is -2.33. The first-order valence-electron chi connectivity index (χ1n) is 9.50. The number of methoxy groups -OCH3 is 1. The summed E-state index contributed by atoms with van der Waals surface area (Å²) in [6, 6.07) is 4.41. The average Bonchev–Trinajstić information content (AvgIpc) is 2.70. The number of sulfonamides is 1. The number of fused-ring (bicyclic) bond motifs is 2. The van der Waals surface area contributed by atoms with Crippen molar-refractivity contribution in [1.82, 2.24) is 4.90 Å². The fourth-order valence-corrected chi connectivity index (χ4v) is 4.24. The van der Waals surface area contributed by atoms with Crippen molar-refractivity contribution in [3.05, 3.63) is 23.8 Å². The monoisotopic (exact) mass is 426 g/mol. The minimum atomic E-state index is -3.46. The van der Waals surface area contributed by atoms with Gasteiger partial charge in [0.2, 0.25) is 10.0 Å². The first kappa shape index (κ1) is 21.4. The van der Waals surface area contributed by atoms with Crippen LogP contribution in [-0.2, 0) is 24.3 Å². The quantitative estimate of drug-likeness (QED) is 0.708. The van der Waals surface area contributed by atoms with Crippen LogP contribution in [0.5, 0.6) is 5.75 Å². The third-order valence-electron chi connectivity index (χ3n) is 5.29. The van der Waals surface area contributed by atoms with Crippen molar-refractivity contribution in [2.45, 2.75) is 44.4 Å². The Labute approximate surface area is 170 Å². The van der Waals surface area contributed by atoms with Crippen LogP contribution >= 0.6 is 0 Å². The second-order valence-corrected chi connectivity index (χ2v) is 9.18. The largest absolute Gasteiger partial charge is 0.490 e. The zero-order chi connectivity index (χ0) is 21.2. The van der Waals surface area contributed by atoms with E-state index in [2.05, 4.69) is 4.72 Å². The Bertz CT molecular complexity index is 887. The second-order valence-electron chi connectivity index (χ2n) is 7.16. The molecule has 0 spiro atoms. The van der Waals surface area contributed by atoms with Crippen LogP contribution in [0.1, 0.15) is 36.5 Å². The maximum absolute atomic E-state index is 13.1. The highest BCUT2D eigenvalue weighted by atomic mass is 32.2. The smallest absolute Gasteiger partial charge is 0.308 e. The summed E-state index contributed by atoms with van der Waals surface area (Å²) >= 11 is 0. The lowest BCUT2D eigenvalue weighted by Crippen LogP contribution is -2.53. The molecule has 1 fully saturated rings. The van der Waals surface area contributed by atoms with Crippen LogP contribution in [0, 0.1) is 0 Å². The Kier molecular flexibility index (Phi) is 6.33. The minimum absolute atomic E-state index is 0.0672. The number of likely N-dealkylation sites (N-methyl/N-ethyl adjacent to an activating group) is 1. The van der Waals surface area contributed by atoms with Gasteiger partial charge >= 0.3 is 5.97 Å². The van der Waals surface area contributed by atoms with Crippen LogP contribution in [0.3, 0.4) is 0 Å². The van der Waals surface area contributed by atoms with E-state index in [4.69, 9.17) is 14.2 Å². The number of carbonyl (C=O) groups is 2. The van der Waals surface area contributed by atoms with Gasteiger partial charge in [-0.25, -0.2) is 8.42 Å². The van der Waals surface area contributed by atoms with Crippen LogP contribution < -0.4 is 9.46 Å². The highest BCUT2D eigenvalue weighted by Gasteiger charge is 2.39. The summed E-state index contributed by atoms with van der Waals surface area (Å²) in [6.07, 6.45) is 0.792. The highest BCUT2D eigenvalue weighted by Crippen LogP contribution is 2.32. The molecule has 2 aliphatic heterocycles. The van der Waals surface area contributed by atoms with Gasteiger partial charge in [0.1, 0.15) is 18.5 Å². The van der Waals surface area contributed by atoms with Gasteiger partial charge in [0, 0.05) is 12.7 Å². The fraction of sp³-hybridized carbons (Fsp3) is 0.579. The average molecular weight is 426 g/mol. The molecule has 0 unspecified atom stereocenters. The molecular weight excluding hydrogens is 400 g/mol. The number of amides is 1. The third kappa shape index (κ3) is 4.81. The molecule has 0 aliphatic carbocycles. The molecule has 0 bridgehead atoms. The SMILES string of the molecule is CCS(=O)(=O)Nc1ccc2c(c1)C(=O)N(C)[C@@H]1CC[C@@H](CC(=O)OC)O[C@H]1CO2. The van der Waals surface area contributed by atoms with Gasteiger partial charge < -0.3 is 19.1 Å². The zero-order valence-electron chi connectivity index (χ0n) is 16.7. The lowest BCUT2D eigenvalue weighted by Gasteiger charge is -2.42. The van der Waals surface area contributed by atoms with E-state index in [1.165, 1.54) is 20.1 Å². The summed E-state index contributed by atoms with van der Waals surface area (Å²) in [7, 11) is -0.422. The lowest BCUT2D eigenvalue weighted by molar-refractivity contribution is -0.151. The Morgan fingerprint density at radius 3 is 2.79 bits per heavy atom. The van der Waals surface area contributed by atoms with Gasteiger partial charge in [-0.2, -0.15) is 0 Å². The summed E-state index contributed by atoms with van der Waals surface area (Å²) in [5, 5.41) is 0. The molecule has 0 saturated carbocycles. The maximum Gasteiger partial charge on any atom is 0.308 e. The van der Waals surface area contributed by atoms with Gasteiger partial charge in [0.05, 0.1) is 37.0 Å². The van der Waals surface area contributed by atoms with Crippen molar-refractivity contribution < 1.29 is 32.2 Å². The van der Waals surface area contributed by atoms with Crippen LogP contribution in [0.2, 0.25) is 0 Å². The molecule has 1 saturated heterocycles. The van der Waals surface area contributed by atoms with Crippen LogP contribution in [-0.4, -0.2) is 70.0 Å². The lowest BCUT2D eigenvalue weighted by atomic mass is 9.94. The Morgan fingerprint density at radius 1 is 1.34 bits per heavy atom. The van der Waals surface area contributed by atoms with Crippen LogP contribution in [0.4, 0.5) is 5.69 Å². The van der Waals surface area contributed by atoms with Gasteiger partial charge in [0.15, 0.2) is 0 Å². The van der Waals surface area contributed by atoms with E-state index in [-0.39, 0.29) is 48.9 Å². The molecule has 1 aromatic carbocycles. The van der Waals surface area contributed by atoms with Gasteiger partial charge in [-0.1, -0.05) is 0 Å². The summed E-state index contributed by atoms with van der Waals surface area (Å²) in [6.45, 7) is 1.75. The van der Waals surface area contributed by atoms with Gasteiger partial charge in [0.25, 0.3) is 5.91 Å². The van der Waals surface area contributed by atoms with Crippen molar-refractivity contribution >= 4 is 27.6 Å². The molecular formula is C19H26N2O7S. The van der Waals surface area contributed by atoms with Gasteiger partial charge in [-0.05, 0) is 38.0 Å². The number of ether oxygens (including phenoxy) is 3. The number of benzene rings is 1. The molecule has 10 heteroatoms. The number of hydrogen-bond acceptors (Lipinski definition) is 7. The van der Waals surface area contributed by atoms with Crippen LogP contribution in [0.25, 0.3) is 0 Å². The van der Waals surface area contributed by atoms with Gasteiger partial charge in [-0.3, -0.25) is 14.3 Å². The van der Waals surface area contributed by atoms with Crippen molar-refractivity contribution in [2.75, 3.05) is 31.2 Å². The van der Waals surface area contributed by atoms with E-state index in [1.54, 1.807) is 24.1 Å². The number of rotatable bonds is 5. The molecule has 2 aliphatic rings. The van der Waals surface area contributed by atoms with Crippen LogP contribution in [0.15, 0.2) is 18.2 Å². The molecule has 3 rings (SSSR count). The number of esters is 1. The Morgan fingerprint density at radius 2 is 2.10 bits per heavy atom. The zero-order valence-corrected chi connectivity index (χ0v) is 17.5. The Balaban J connectivity index is 1.82. The standard InChI is InChI=1S/C19H26N2O7S/c1-4-29(24,25)20-12-5-8-16-14(9-12)19(23)21(2)15-7-6-13(10-18(22)26-3)28-17(15)11-27-16/h5,8-9,13,15,17,20H,4,6-7,10-11H2,1-3H3/t13-,15+,17-/m0/s1. The number of carbonyl (C=O) groups excluding carboxylic acids is 2. The molecule has 29 heavy (non-hydrogen) atoms. The molecule has 1 N–H and O–H groups in total. The minimum Gasteiger partial charge on any atom is -0.490 e. The molecule has 160 valence electrons. The van der Waals surface area contributed by atoms with E-state index in [9.17, 15) is 18.0 Å². The topological polar surface area (TPSA) is 111 Å². The van der Waals surface area contributed by atoms with E-state index < -0.39 is 10.0 Å². The van der Waals surface area contributed by atoms with Crippen molar-refractivity contribution in [3.63, 3.8) is 0 Å². The summed E-state index contributed by atoms with van der Waals surface area (Å²) in [5.74, 6) is -0.319. The van der Waals surface area contributed by atoms with E-state index in [0.29, 0.717) is 29.8 Å². The fourth-order valence-electron chi connectivity index (χ4n) is 3.61. The third-order valence-corrected chi connectivity index (χ3v) is 6.59. The highest BCUT2D eigenvalue weighted by molar-refractivity contribution is 7.92. The van der Waals surface area contributed by atoms with E-state index in [0.717, 1.165) is 0 Å². The summed E-state index contributed by atoms with van der Waals surface area (Å²) in [5.41, 5.74) is 0.602. The normalized spacial score (nSPS) is 24.4. The molecule has 1 amide bonds. The maximum atomic E-state index is 13.1. The molecule has 3 atom stereocenters. The number of nitrogens with one attached hydrogen (secondary N) is 1. The number of anilines is 1. The predicted octanol–water partition coefficient (Wildman–Crippen LogP) is 1.39. The molecule has 2 heterocycles. The first-order chi connectivity index (χ1) is 13.7.